The second-order valence-electron chi connectivity index (χ2n) is 3.97. The average molecular weight is 246 g/mol. The van der Waals surface area contributed by atoms with Crippen LogP contribution in [0.4, 0.5) is 0 Å². The largest absolute Gasteiger partial charge is 0.288 e. The van der Waals surface area contributed by atoms with Gasteiger partial charge in [-0.2, -0.15) is 11.3 Å². The van der Waals surface area contributed by atoms with Crippen LogP contribution in [0.3, 0.4) is 0 Å². The minimum absolute atomic E-state index is 0.167. The highest BCUT2D eigenvalue weighted by Crippen LogP contribution is 2.42. The Balaban J connectivity index is 2.40. The van der Waals surface area contributed by atoms with Gasteiger partial charge in [-0.05, 0) is 24.8 Å². The predicted molar refractivity (Wildman–Crippen MR) is 69.7 cm³/mol. The number of aryl methyl sites for hydroxylation is 2. The molecular weight excluding hydrogens is 236 g/mol. The van der Waals surface area contributed by atoms with Crippen LogP contribution >= 0.6 is 22.7 Å². The van der Waals surface area contributed by atoms with Gasteiger partial charge in [0.1, 0.15) is 0 Å². The average Bonchev–Trinajstić information content (AvgIpc) is 2.80. The van der Waals surface area contributed by atoms with E-state index < -0.39 is 0 Å². The van der Waals surface area contributed by atoms with Crippen molar-refractivity contribution in [2.24, 2.45) is 0 Å². The number of hydrogen-bond acceptors (Lipinski definition) is 3. The number of ketones is 1. The molecule has 1 nitrogen and oxygen atoms in total. The Hall–Kier alpha value is -1.19. The van der Waals surface area contributed by atoms with E-state index in [0.717, 1.165) is 32.7 Å². The highest BCUT2D eigenvalue weighted by Gasteiger charge is 2.30. The molecular formula is C13H10OS2. The third-order valence-corrected chi connectivity index (χ3v) is 4.79. The Morgan fingerprint density at radius 3 is 2.44 bits per heavy atom. The lowest BCUT2D eigenvalue weighted by Crippen LogP contribution is -2.11. The molecule has 1 aliphatic carbocycles. The Morgan fingerprint density at radius 2 is 1.69 bits per heavy atom. The third-order valence-electron chi connectivity index (χ3n) is 3.02. The summed E-state index contributed by atoms with van der Waals surface area (Å²) in [7, 11) is 0. The fourth-order valence-electron chi connectivity index (χ4n) is 2.30. The van der Waals surface area contributed by atoms with Crippen molar-refractivity contribution in [3.63, 3.8) is 0 Å². The fraction of sp³-hybridized carbons (Fsp3) is 0.154. The summed E-state index contributed by atoms with van der Waals surface area (Å²) >= 11 is 3.26. The number of carbonyl (C=O) groups is 1. The zero-order valence-electron chi connectivity index (χ0n) is 9.09. The maximum Gasteiger partial charge on any atom is 0.196 e. The molecule has 16 heavy (non-hydrogen) atoms. The first kappa shape index (κ1) is 10.00. The summed E-state index contributed by atoms with van der Waals surface area (Å²) in [5.41, 5.74) is 4.79. The van der Waals surface area contributed by atoms with Gasteiger partial charge in [0, 0.05) is 37.4 Å². The van der Waals surface area contributed by atoms with Crippen molar-refractivity contribution < 1.29 is 4.79 Å². The quantitative estimate of drug-likeness (QED) is 0.585. The molecule has 0 unspecified atom stereocenters. The van der Waals surface area contributed by atoms with Gasteiger partial charge in [0.25, 0.3) is 0 Å². The number of rotatable bonds is 0. The lowest BCUT2D eigenvalue weighted by atomic mass is 9.85. The summed E-state index contributed by atoms with van der Waals surface area (Å²) < 4.78 is 0. The molecule has 0 aromatic carbocycles. The Labute approximate surface area is 102 Å². The number of thiophene rings is 2. The van der Waals surface area contributed by atoms with Gasteiger partial charge in [-0.25, -0.2) is 0 Å². The Kier molecular flexibility index (Phi) is 1.97. The van der Waals surface area contributed by atoms with E-state index in [1.54, 1.807) is 22.7 Å². The second-order valence-corrected chi connectivity index (χ2v) is 6.14. The van der Waals surface area contributed by atoms with Crippen LogP contribution in [0.15, 0.2) is 17.3 Å². The van der Waals surface area contributed by atoms with E-state index in [4.69, 9.17) is 0 Å². The number of fused-ring (bicyclic) bond motifs is 2. The van der Waals surface area contributed by atoms with Gasteiger partial charge >= 0.3 is 0 Å². The zero-order chi connectivity index (χ0) is 11.4. The van der Waals surface area contributed by atoms with Crippen molar-refractivity contribution in [1.82, 2.24) is 0 Å². The molecule has 0 amide bonds. The van der Waals surface area contributed by atoms with Crippen molar-refractivity contribution >= 4 is 34.0 Å². The molecule has 0 atom stereocenters. The van der Waals surface area contributed by atoms with Crippen LogP contribution < -0.4 is 0 Å². The molecule has 3 heteroatoms. The zero-order valence-corrected chi connectivity index (χ0v) is 10.7. The summed E-state index contributed by atoms with van der Waals surface area (Å²) in [5, 5.41) is 3.95. The smallest absolute Gasteiger partial charge is 0.196 e. The van der Waals surface area contributed by atoms with Crippen LogP contribution in [0.25, 0.3) is 5.57 Å². The van der Waals surface area contributed by atoms with Crippen molar-refractivity contribution in [3.8, 4) is 0 Å². The SMILES string of the molecule is C=C1c2cscc2C(=O)c2c(C)sc(C)c21. The van der Waals surface area contributed by atoms with Gasteiger partial charge in [-0.3, -0.25) is 4.79 Å². The van der Waals surface area contributed by atoms with E-state index in [9.17, 15) is 4.79 Å². The molecule has 2 aromatic rings. The normalized spacial score (nSPS) is 13.9. The summed E-state index contributed by atoms with van der Waals surface area (Å²) in [5.74, 6) is 0.167. The van der Waals surface area contributed by atoms with Crippen molar-refractivity contribution in [3.05, 3.63) is 49.3 Å². The van der Waals surface area contributed by atoms with E-state index in [-0.39, 0.29) is 5.78 Å². The van der Waals surface area contributed by atoms with Crippen LogP contribution in [-0.2, 0) is 0 Å². The minimum Gasteiger partial charge on any atom is -0.288 e. The summed E-state index contributed by atoms with van der Waals surface area (Å²) in [6, 6.07) is 0. The predicted octanol–water partition coefficient (Wildman–Crippen LogP) is 4.03. The van der Waals surface area contributed by atoms with Gasteiger partial charge in [-0.1, -0.05) is 6.58 Å². The third kappa shape index (κ3) is 1.07. The molecule has 0 bridgehead atoms. The summed E-state index contributed by atoms with van der Waals surface area (Å²) in [4.78, 5) is 14.6. The van der Waals surface area contributed by atoms with Crippen molar-refractivity contribution in [2.75, 3.05) is 0 Å². The molecule has 0 aliphatic heterocycles. The molecule has 0 N–H and O–H groups in total. The minimum atomic E-state index is 0.167. The van der Waals surface area contributed by atoms with Gasteiger partial charge in [0.05, 0.1) is 0 Å². The first-order chi connectivity index (χ1) is 7.61. The van der Waals surface area contributed by atoms with Gasteiger partial charge < -0.3 is 0 Å². The Bertz CT molecular complexity index is 577. The highest BCUT2D eigenvalue weighted by atomic mass is 32.1. The molecule has 80 valence electrons. The van der Waals surface area contributed by atoms with E-state index in [1.165, 1.54) is 4.88 Å². The highest BCUT2D eigenvalue weighted by molar-refractivity contribution is 7.12. The van der Waals surface area contributed by atoms with Gasteiger partial charge in [0.2, 0.25) is 0 Å². The van der Waals surface area contributed by atoms with Gasteiger partial charge in [0.15, 0.2) is 5.78 Å². The Morgan fingerprint density at radius 1 is 1.06 bits per heavy atom. The molecule has 2 aromatic heterocycles. The fourth-order valence-corrected chi connectivity index (χ4v) is 4.22. The van der Waals surface area contributed by atoms with Crippen molar-refractivity contribution in [2.45, 2.75) is 13.8 Å². The summed E-state index contributed by atoms with van der Waals surface area (Å²) in [6.45, 7) is 8.21. The number of carbonyl (C=O) groups excluding carboxylic acids is 1. The standard InChI is InChI=1S/C13H10OS2/c1-6-9-4-15-5-10(9)13(14)12-8(3)16-7(2)11(6)12/h4-5H,1H2,2-3H3. The molecule has 0 spiro atoms. The molecule has 0 saturated heterocycles. The monoisotopic (exact) mass is 246 g/mol. The van der Waals surface area contributed by atoms with E-state index in [2.05, 4.69) is 13.5 Å². The maximum atomic E-state index is 12.3. The van der Waals surface area contributed by atoms with E-state index in [1.807, 2.05) is 17.7 Å². The lowest BCUT2D eigenvalue weighted by Gasteiger charge is -2.15. The molecule has 3 rings (SSSR count). The molecule has 0 radical (unpaired) electrons. The van der Waals surface area contributed by atoms with Gasteiger partial charge in [-0.15, -0.1) is 11.3 Å². The van der Waals surface area contributed by atoms with Crippen LogP contribution in [0.2, 0.25) is 0 Å². The van der Waals surface area contributed by atoms with E-state index >= 15 is 0 Å². The maximum absolute atomic E-state index is 12.3. The van der Waals surface area contributed by atoms with E-state index in [0.29, 0.717) is 0 Å². The number of hydrogen-bond donors (Lipinski definition) is 0. The van der Waals surface area contributed by atoms with Crippen molar-refractivity contribution in [1.29, 1.82) is 0 Å². The summed E-state index contributed by atoms with van der Waals surface area (Å²) in [6.07, 6.45) is 0. The first-order valence-electron chi connectivity index (χ1n) is 5.01. The van der Waals surface area contributed by atoms with Crippen LogP contribution in [0.5, 0.6) is 0 Å². The van der Waals surface area contributed by atoms with Crippen LogP contribution in [-0.4, -0.2) is 5.78 Å². The topological polar surface area (TPSA) is 17.1 Å². The second kappa shape index (κ2) is 3.15. The first-order valence-corrected chi connectivity index (χ1v) is 6.77. The lowest BCUT2D eigenvalue weighted by molar-refractivity contribution is 0.103. The molecule has 1 aliphatic rings. The molecule has 2 heterocycles. The molecule has 0 saturated carbocycles. The van der Waals surface area contributed by atoms with Crippen LogP contribution in [0, 0.1) is 13.8 Å². The van der Waals surface area contributed by atoms with Crippen LogP contribution in [0.1, 0.15) is 36.8 Å². The molecule has 0 fully saturated rings.